The van der Waals surface area contributed by atoms with Gasteiger partial charge in [0.25, 0.3) is 0 Å². The van der Waals surface area contributed by atoms with Crippen molar-refractivity contribution in [1.82, 2.24) is 9.55 Å². The van der Waals surface area contributed by atoms with Crippen LogP contribution in [0.15, 0.2) is 57.5 Å². The van der Waals surface area contributed by atoms with Crippen molar-refractivity contribution in [1.29, 1.82) is 0 Å². The molecule has 0 aliphatic rings. The van der Waals surface area contributed by atoms with Crippen molar-refractivity contribution in [2.45, 2.75) is 20.4 Å². The monoisotopic (exact) mass is 476 g/mol. The molecule has 4 rings (SSSR count). The van der Waals surface area contributed by atoms with Gasteiger partial charge >= 0.3 is 5.97 Å². The molecular weight excluding hydrogens is 460 g/mol. The highest BCUT2D eigenvalue weighted by molar-refractivity contribution is 9.10. The van der Waals surface area contributed by atoms with Crippen molar-refractivity contribution < 1.29 is 9.90 Å². The van der Waals surface area contributed by atoms with Gasteiger partial charge in [-0.05, 0) is 42.5 Å². The zero-order valence-electron chi connectivity index (χ0n) is 14.4. The van der Waals surface area contributed by atoms with Crippen molar-refractivity contribution in [3.05, 3.63) is 57.5 Å². The van der Waals surface area contributed by atoms with Gasteiger partial charge in [0.15, 0.2) is 0 Å². The number of carbonyl (C=O) groups is 1. The van der Waals surface area contributed by atoms with Gasteiger partial charge in [-0.3, -0.25) is 4.79 Å². The molecule has 2 N–H and O–H groups in total. The second-order valence-electron chi connectivity index (χ2n) is 5.63. The van der Waals surface area contributed by atoms with Crippen LogP contribution in [-0.4, -0.2) is 20.6 Å². The molecule has 0 radical (unpaired) electrons. The molecule has 4 aromatic rings. The predicted molar refractivity (Wildman–Crippen MR) is 114 cm³/mol. The van der Waals surface area contributed by atoms with Gasteiger partial charge < -0.3 is 14.7 Å². The molecule has 2 heterocycles. The Morgan fingerprint density at radius 3 is 2.42 bits per heavy atom. The number of aliphatic carboxylic acids is 1. The quantitative estimate of drug-likeness (QED) is 0.357. The summed E-state index contributed by atoms with van der Waals surface area (Å²) in [5.74, 6) is -0.865. The van der Waals surface area contributed by atoms with E-state index in [0.717, 1.165) is 42.1 Å². The van der Waals surface area contributed by atoms with E-state index in [0.29, 0.717) is 0 Å². The minimum Gasteiger partial charge on any atom is -0.480 e. The summed E-state index contributed by atoms with van der Waals surface area (Å²) in [6.07, 6.45) is 0. The van der Waals surface area contributed by atoms with E-state index in [1.807, 2.05) is 66.9 Å². The molecule has 0 saturated carbocycles. The molecule has 0 unspecified atom stereocenters. The number of hydrogen-bond acceptors (Lipinski definition) is 1. The van der Waals surface area contributed by atoms with Gasteiger partial charge in [0.05, 0.1) is 11.4 Å². The molecule has 4 nitrogen and oxygen atoms in total. The fourth-order valence-corrected chi connectivity index (χ4v) is 3.75. The molecule has 2 aromatic heterocycles. The third-order valence-electron chi connectivity index (χ3n) is 4.02. The summed E-state index contributed by atoms with van der Waals surface area (Å²) in [5, 5.41) is 11.4. The maximum atomic E-state index is 11.3. The Labute approximate surface area is 168 Å². The smallest absolute Gasteiger partial charge is 0.323 e. The van der Waals surface area contributed by atoms with Gasteiger partial charge in [-0.2, -0.15) is 0 Å². The van der Waals surface area contributed by atoms with Crippen LogP contribution >= 0.6 is 31.9 Å². The Morgan fingerprint density at radius 1 is 1.00 bits per heavy atom. The van der Waals surface area contributed by atoms with E-state index in [-0.39, 0.29) is 6.54 Å². The van der Waals surface area contributed by atoms with Crippen molar-refractivity contribution in [3.63, 3.8) is 0 Å². The lowest BCUT2D eigenvalue weighted by molar-refractivity contribution is -0.137. The summed E-state index contributed by atoms with van der Waals surface area (Å²) in [6, 6.07) is 15.9. The van der Waals surface area contributed by atoms with Crippen molar-refractivity contribution >= 4 is 59.6 Å². The molecule has 0 spiro atoms. The number of fused-ring (bicyclic) bond motifs is 2. The summed E-state index contributed by atoms with van der Waals surface area (Å²) in [6.45, 7) is 3.92. The van der Waals surface area contributed by atoms with E-state index in [2.05, 4.69) is 36.8 Å². The Kier molecular flexibility index (Phi) is 5.53. The molecular formula is C20H18Br2N2O2. The Bertz CT molecular complexity index is 1100. The molecule has 134 valence electrons. The largest absolute Gasteiger partial charge is 0.480 e. The first-order valence-corrected chi connectivity index (χ1v) is 9.89. The highest BCUT2D eigenvalue weighted by Crippen LogP contribution is 2.32. The molecule has 0 aliphatic carbocycles. The number of aromatic nitrogens is 2. The average Bonchev–Trinajstić information content (AvgIpc) is 3.17. The van der Waals surface area contributed by atoms with Gasteiger partial charge in [-0.25, -0.2) is 0 Å². The maximum absolute atomic E-state index is 11.3. The normalized spacial score (nSPS) is 10.8. The number of H-pyrrole nitrogens is 1. The Hall–Kier alpha value is -2.05. The van der Waals surface area contributed by atoms with Crippen LogP contribution in [0.4, 0.5) is 0 Å². The van der Waals surface area contributed by atoms with Gasteiger partial charge in [0.1, 0.15) is 6.54 Å². The van der Waals surface area contributed by atoms with E-state index in [9.17, 15) is 9.90 Å². The SMILES string of the molecule is CC.O=C(O)Cn1c(-c2cc3ccc(Br)cc3[nH]2)cc2cc(Br)ccc21. The number of halogens is 2. The third-order valence-corrected chi connectivity index (χ3v) is 5.00. The fraction of sp³-hybridized carbons (Fsp3) is 0.150. The molecule has 0 amide bonds. The minimum absolute atomic E-state index is 0.0838. The van der Waals surface area contributed by atoms with E-state index >= 15 is 0 Å². The molecule has 6 heteroatoms. The number of nitrogens with one attached hydrogen (secondary N) is 1. The standard InChI is InChI=1S/C18H12Br2N2O2.C2H6/c19-12-3-4-16-11(5-12)7-17(22(16)9-18(23)24)15-6-10-1-2-13(20)8-14(10)21-15;1-2/h1-8,21H,9H2,(H,23,24);1-2H3. The number of carboxylic acid groups (broad SMARTS) is 1. The Balaban J connectivity index is 0.000000948. The van der Waals surface area contributed by atoms with Gasteiger partial charge in [-0.1, -0.05) is 51.8 Å². The topological polar surface area (TPSA) is 58.0 Å². The van der Waals surface area contributed by atoms with E-state index in [4.69, 9.17) is 0 Å². The molecule has 2 aromatic carbocycles. The van der Waals surface area contributed by atoms with Crippen LogP contribution in [0.25, 0.3) is 33.2 Å². The summed E-state index contributed by atoms with van der Waals surface area (Å²) in [4.78, 5) is 14.7. The zero-order valence-corrected chi connectivity index (χ0v) is 17.6. The van der Waals surface area contributed by atoms with Crippen LogP contribution in [-0.2, 0) is 11.3 Å². The van der Waals surface area contributed by atoms with Gasteiger partial charge in [0.2, 0.25) is 0 Å². The summed E-state index contributed by atoms with van der Waals surface area (Å²) in [5.41, 5.74) is 3.66. The molecule has 0 atom stereocenters. The minimum atomic E-state index is -0.865. The lowest BCUT2D eigenvalue weighted by Crippen LogP contribution is -2.09. The summed E-state index contributed by atoms with van der Waals surface area (Å²) >= 11 is 6.94. The number of nitrogens with zero attached hydrogens (tertiary/aromatic N) is 1. The zero-order chi connectivity index (χ0) is 18.8. The van der Waals surface area contributed by atoms with Crippen molar-refractivity contribution in [3.8, 4) is 11.4 Å². The Morgan fingerprint density at radius 2 is 1.69 bits per heavy atom. The number of rotatable bonds is 3. The maximum Gasteiger partial charge on any atom is 0.323 e. The van der Waals surface area contributed by atoms with Crippen LogP contribution in [0.2, 0.25) is 0 Å². The molecule has 0 fully saturated rings. The second-order valence-corrected chi connectivity index (χ2v) is 7.46. The van der Waals surface area contributed by atoms with Crippen LogP contribution in [0.5, 0.6) is 0 Å². The van der Waals surface area contributed by atoms with E-state index < -0.39 is 5.97 Å². The van der Waals surface area contributed by atoms with Crippen molar-refractivity contribution in [2.75, 3.05) is 0 Å². The fourth-order valence-electron chi connectivity index (χ4n) is 3.01. The average molecular weight is 478 g/mol. The second kappa shape index (κ2) is 7.68. The van der Waals surface area contributed by atoms with Crippen LogP contribution in [0.1, 0.15) is 13.8 Å². The van der Waals surface area contributed by atoms with Crippen LogP contribution in [0.3, 0.4) is 0 Å². The molecule has 0 saturated heterocycles. The first kappa shape index (κ1) is 18.7. The highest BCUT2D eigenvalue weighted by atomic mass is 79.9. The lowest BCUT2D eigenvalue weighted by Gasteiger charge is -2.06. The third kappa shape index (κ3) is 3.57. The number of benzene rings is 2. The van der Waals surface area contributed by atoms with Gasteiger partial charge in [0, 0.05) is 30.8 Å². The number of carboxylic acids is 1. The predicted octanol–water partition coefficient (Wildman–Crippen LogP) is 6.43. The molecule has 0 bridgehead atoms. The van der Waals surface area contributed by atoms with Crippen molar-refractivity contribution in [2.24, 2.45) is 0 Å². The number of hydrogen-bond donors (Lipinski definition) is 2. The highest BCUT2D eigenvalue weighted by Gasteiger charge is 2.15. The van der Waals surface area contributed by atoms with E-state index in [1.54, 1.807) is 0 Å². The molecule has 0 aliphatic heterocycles. The first-order chi connectivity index (χ1) is 12.5. The van der Waals surface area contributed by atoms with Crippen LogP contribution < -0.4 is 0 Å². The molecule has 26 heavy (non-hydrogen) atoms. The van der Waals surface area contributed by atoms with E-state index in [1.165, 1.54) is 0 Å². The lowest BCUT2D eigenvalue weighted by atomic mass is 10.2. The number of aromatic amines is 1. The van der Waals surface area contributed by atoms with Crippen LogP contribution in [0, 0.1) is 0 Å². The summed E-state index contributed by atoms with van der Waals surface area (Å²) < 4.78 is 3.79. The van der Waals surface area contributed by atoms with Gasteiger partial charge in [-0.15, -0.1) is 0 Å². The summed E-state index contributed by atoms with van der Waals surface area (Å²) in [7, 11) is 0. The first-order valence-electron chi connectivity index (χ1n) is 8.30.